The van der Waals surface area contributed by atoms with Gasteiger partial charge in [-0.15, -0.1) is 11.6 Å². The molecule has 0 spiro atoms. The van der Waals surface area contributed by atoms with E-state index < -0.39 is 5.60 Å². The van der Waals surface area contributed by atoms with Gasteiger partial charge in [0.1, 0.15) is 0 Å². The lowest BCUT2D eigenvalue weighted by Crippen LogP contribution is -2.46. The number of alkyl halides is 1. The minimum Gasteiger partial charge on any atom is -0.388 e. The molecule has 0 aliphatic carbocycles. The van der Waals surface area contributed by atoms with Crippen LogP contribution in [0.4, 0.5) is 0 Å². The number of hydrogen-bond donors (Lipinski definition) is 1. The van der Waals surface area contributed by atoms with Crippen molar-refractivity contribution in [1.82, 2.24) is 4.90 Å². The molecule has 0 unspecified atom stereocenters. The number of ether oxygens (including phenoxy) is 1. The van der Waals surface area contributed by atoms with Crippen molar-refractivity contribution in [2.45, 2.75) is 18.4 Å². The van der Waals surface area contributed by atoms with Crippen LogP contribution in [0.3, 0.4) is 0 Å². The lowest BCUT2D eigenvalue weighted by Gasteiger charge is -2.35. The topological polar surface area (TPSA) is 32.7 Å². The zero-order valence-corrected chi connectivity index (χ0v) is 8.89. The van der Waals surface area contributed by atoms with Crippen LogP contribution in [0.2, 0.25) is 0 Å². The molecule has 0 bridgehead atoms. The maximum Gasteiger partial charge on any atom is 0.0817 e. The van der Waals surface area contributed by atoms with Crippen LogP contribution in [0.5, 0.6) is 0 Å². The number of rotatable bonds is 4. The molecule has 0 amide bonds. The molecule has 0 aromatic rings. The van der Waals surface area contributed by atoms with E-state index in [4.69, 9.17) is 16.3 Å². The molecule has 1 aliphatic heterocycles. The normalized spacial score (nSPS) is 22.2. The van der Waals surface area contributed by atoms with Gasteiger partial charge in [0.25, 0.3) is 0 Å². The van der Waals surface area contributed by atoms with Crippen molar-refractivity contribution in [2.75, 3.05) is 39.2 Å². The van der Waals surface area contributed by atoms with Crippen LogP contribution in [-0.2, 0) is 4.74 Å². The molecule has 78 valence electrons. The fraction of sp³-hybridized carbons (Fsp3) is 1.00. The van der Waals surface area contributed by atoms with Crippen molar-refractivity contribution < 1.29 is 9.84 Å². The predicted octanol–water partition coefficient (Wildman–Crippen LogP) is 0.698. The summed E-state index contributed by atoms with van der Waals surface area (Å²) in [6.07, 6.45) is 1.47. The lowest BCUT2D eigenvalue weighted by molar-refractivity contribution is -0.0762. The fourth-order valence-electron chi connectivity index (χ4n) is 1.64. The summed E-state index contributed by atoms with van der Waals surface area (Å²) in [5, 5.41) is 10.1. The number of halogens is 1. The molecular formula is C9H18ClNO2. The van der Waals surface area contributed by atoms with Gasteiger partial charge in [-0.3, -0.25) is 0 Å². The molecule has 1 heterocycles. The summed E-state index contributed by atoms with van der Waals surface area (Å²) in [6.45, 7) is 2.87. The van der Waals surface area contributed by atoms with Crippen LogP contribution in [0.15, 0.2) is 0 Å². The smallest absolute Gasteiger partial charge is 0.0817 e. The molecule has 13 heavy (non-hydrogen) atoms. The highest BCUT2D eigenvalue weighted by Crippen LogP contribution is 2.20. The first-order valence-corrected chi connectivity index (χ1v) is 5.24. The number of hydrogen-bond acceptors (Lipinski definition) is 3. The molecule has 4 heteroatoms. The highest BCUT2D eigenvalue weighted by molar-refractivity contribution is 6.18. The zero-order valence-electron chi connectivity index (χ0n) is 8.13. The van der Waals surface area contributed by atoms with Crippen LogP contribution < -0.4 is 0 Å². The summed E-state index contributed by atoms with van der Waals surface area (Å²) in [4.78, 5) is 2.07. The summed E-state index contributed by atoms with van der Waals surface area (Å²) < 4.78 is 5.20. The Balaban J connectivity index is 2.31. The molecule has 0 atom stereocenters. The molecule has 3 nitrogen and oxygen atoms in total. The first-order valence-electron chi connectivity index (χ1n) is 4.71. The van der Waals surface area contributed by atoms with Crippen molar-refractivity contribution in [1.29, 1.82) is 0 Å². The van der Waals surface area contributed by atoms with Crippen molar-refractivity contribution in [3.8, 4) is 0 Å². The fourth-order valence-corrected chi connectivity index (χ4v) is 1.92. The second-order valence-corrected chi connectivity index (χ2v) is 4.14. The predicted molar refractivity (Wildman–Crippen MR) is 53.2 cm³/mol. The van der Waals surface area contributed by atoms with E-state index in [9.17, 15) is 5.11 Å². The Bertz CT molecular complexity index is 149. The Kier molecular flexibility index (Phi) is 4.46. The lowest BCUT2D eigenvalue weighted by atomic mass is 9.94. The average Bonchev–Trinajstić information content (AvgIpc) is 2.04. The van der Waals surface area contributed by atoms with E-state index in [1.54, 1.807) is 0 Å². The van der Waals surface area contributed by atoms with Gasteiger partial charge in [0.2, 0.25) is 0 Å². The number of nitrogens with zero attached hydrogens (tertiary/aromatic N) is 1. The van der Waals surface area contributed by atoms with Gasteiger partial charge in [-0.2, -0.15) is 0 Å². The molecule has 1 saturated heterocycles. The van der Waals surface area contributed by atoms with Gasteiger partial charge < -0.3 is 14.7 Å². The maximum atomic E-state index is 10.1. The van der Waals surface area contributed by atoms with Crippen LogP contribution in [0.25, 0.3) is 0 Å². The van der Waals surface area contributed by atoms with Crippen molar-refractivity contribution in [2.24, 2.45) is 0 Å². The van der Waals surface area contributed by atoms with E-state index in [-0.39, 0.29) is 0 Å². The highest BCUT2D eigenvalue weighted by Gasteiger charge is 2.30. The summed E-state index contributed by atoms with van der Waals surface area (Å²) >= 11 is 5.61. The van der Waals surface area contributed by atoms with Gasteiger partial charge in [-0.05, 0) is 7.05 Å². The first kappa shape index (κ1) is 11.2. The van der Waals surface area contributed by atoms with E-state index in [0.29, 0.717) is 25.6 Å². The maximum absolute atomic E-state index is 10.1. The summed E-state index contributed by atoms with van der Waals surface area (Å²) in [5.74, 6) is 0.614. The highest BCUT2D eigenvalue weighted by atomic mass is 35.5. The molecule has 0 aromatic carbocycles. The largest absolute Gasteiger partial charge is 0.388 e. The summed E-state index contributed by atoms with van der Waals surface area (Å²) in [5.41, 5.74) is -0.556. The second-order valence-electron chi connectivity index (χ2n) is 3.76. The van der Waals surface area contributed by atoms with Crippen LogP contribution in [0.1, 0.15) is 12.8 Å². The molecule has 1 rings (SSSR count). The molecule has 1 fully saturated rings. The van der Waals surface area contributed by atoms with Crippen molar-refractivity contribution >= 4 is 11.6 Å². The third kappa shape index (κ3) is 3.81. The Morgan fingerprint density at radius 1 is 1.46 bits per heavy atom. The third-order valence-electron chi connectivity index (χ3n) is 2.45. The first-order chi connectivity index (χ1) is 6.16. The SMILES string of the molecule is CN(CCCl)CC1(O)CCOCC1. The van der Waals surface area contributed by atoms with E-state index in [1.165, 1.54) is 0 Å². The van der Waals surface area contributed by atoms with Crippen LogP contribution in [0, 0.1) is 0 Å². The van der Waals surface area contributed by atoms with Gasteiger partial charge in [0, 0.05) is 45.0 Å². The van der Waals surface area contributed by atoms with Gasteiger partial charge >= 0.3 is 0 Å². The van der Waals surface area contributed by atoms with Gasteiger partial charge in [-0.25, -0.2) is 0 Å². The van der Waals surface area contributed by atoms with Crippen LogP contribution >= 0.6 is 11.6 Å². The van der Waals surface area contributed by atoms with Crippen LogP contribution in [-0.4, -0.2) is 54.8 Å². The van der Waals surface area contributed by atoms with E-state index >= 15 is 0 Å². The van der Waals surface area contributed by atoms with Crippen molar-refractivity contribution in [3.63, 3.8) is 0 Å². The second kappa shape index (κ2) is 5.15. The molecule has 0 aromatic heterocycles. The third-order valence-corrected chi connectivity index (χ3v) is 2.62. The zero-order chi connectivity index (χ0) is 9.73. The molecular weight excluding hydrogens is 190 g/mol. The van der Waals surface area contributed by atoms with E-state index in [1.807, 2.05) is 7.05 Å². The minimum absolute atomic E-state index is 0.556. The Labute approximate surface area is 84.6 Å². The molecule has 1 aliphatic rings. The van der Waals surface area contributed by atoms with Gasteiger partial charge in [-0.1, -0.05) is 0 Å². The standard InChI is InChI=1S/C9H18ClNO2/c1-11(5-4-10)8-9(12)2-6-13-7-3-9/h12H,2-8H2,1H3. The van der Waals surface area contributed by atoms with E-state index in [2.05, 4.69) is 4.90 Å². The Morgan fingerprint density at radius 2 is 2.08 bits per heavy atom. The molecule has 1 N–H and O–H groups in total. The Hall–Kier alpha value is 0.170. The average molecular weight is 208 g/mol. The summed E-state index contributed by atoms with van der Waals surface area (Å²) in [6, 6.07) is 0. The van der Waals surface area contributed by atoms with Gasteiger partial charge in [0.05, 0.1) is 5.60 Å². The van der Waals surface area contributed by atoms with Gasteiger partial charge in [0.15, 0.2) is 0 Å². The number of likely N-dealkylation sites (N-methyl/N-ethyl adjacent to an activating group) is 1. The quantitative estimate of drug-likeness (QED) is 0.689. The van der Waals surface area contributed by atoms with Crippen molar-refractivity contribution in [3.05, 3.63) is 0 Å². The monoisotopic (exact) mass is 207 g/mol. The molecule has 0 radical (unpaired) electrons. The van der Waals surface area contributed by atoms with E-state index in [0.717, 1.165) is 19.4 Å². The Morgan fingerprint density at radius 3 is 2.62 bits per heavy atom. The molecule has 0 saturated carbocycles. The number of aliphatic hydroxyl groups is 1. The summed E-state index contributed by atoms with van der Waals surface area (Å²) in [7, 11) is 1.98. The minimum atomic E-state index is -0.556.